The molecule has 0 saturated heterocycles. The van der Waals surface area contributed by atoms with Crippen LogP contribution in [0.3, 0.4) is 0 Å². The van der Waals surface area contributed by atoms with E-state index in [1.54, 1.807) is 24.3 Å². The summed E-state index contributed by atoms with van der Waals surface area (Å²) >= 11 is 0. The second-order valence-corrected chi connectivity index (χ2v) is 9.94. The first-order valence-electron chi connectivity index (χ1n) is 11.1. The van der Waals surface area contributed by atoms with Gasteiger partial charge in [0.2, 0.25) is 9.84 Å². The molecule has 0 unspecified atom stereocenters. The first-order chi connectivity index (χ1) is 13.9. The van der Waals surface area contributed by atoms with E-state index in [1.165, 1.54) is 37.8 Å². The molecule has 0 bridgehead atoms. The summed E-state index contributed by atoms with van der Waals surface area (Å²) in [6, 6.07) is 13.4. The Bertz CT molecular complexity index is 883. The molecule has 1 heterocycles. The van der Waals surface area contributed by atoms with Crippen molar-refractivity contribution in [1.82, 2.24) is 0 Å². The monoisotopic (exact) mass is 415 g/mol. The highest BCUT2D eigenvalue weighted by molar-refractivity contribution is 7.91. The lowest BCUT2D eigenvalue weighted by Gasteiger charge is -2.30. The van der Waals surface area contributed by atoms with E-state index in [1.807, 2.05) is 25.1 Å². The third-order valence-electron chi connectivity index (χ3n) is 5.28. The van der Waals surface area contributed by atoms with E-state index in [0.717, 1.165) is 24.1 Å². The number of nitrogens with zero attached hydrogens (tertiary/aromatic N) is 1. The number of aryl methyl sites for hydroxylation is 1. The van der Waals surface area contributed by atoms with Crippen molar-refractivity contribution in [2.75, 3.05) is 11.4 Å². The third-order valence-corrected chi connectivity index (χ3v) is 7.03. The SMILES string of the molecule is CCC.CCCC(CCC)N1CCc2cc(S(=O)(=O)c3cccc(C)c3)ccc21. The summed E-state index contributed by atoms with van der Waals surface area (Å²) in [5.74, 6) is 0. The first kappa shape index (κ1) is 23.5. The number of hydrogen-bond donors (Lipinski definition) is 0. The molecule has 160 valence electrons. The van der Waals surface area contributed by atoms with Crippen molar-refractivity contribution in [2.24, 2.45) is 0 Å². The molecule has 0 saturated carbocycles. The summed E-state index contributed by atoms with van der Waals surface area (Å²) in [6.45, 7) is 11.6. The number of benzene rings is 2. The molecule has 0 radical (unpaired) electrons. The molecular formula is C25H37NO2S. The van der Waals surface area contributed by atoms with Crippen molar-refractivity contribution in [2.45, 2.75) is 89.0 Å². The largest absolute Gasteiger partial charge is 0.368 e. The Balaban J connectivity index is 0.000000941. The van der Waals surface area contributed by atoms with Crippen molar-refractivity contribution in [3.8, 4) is 0 Å². The number of rotatable bonds is 7. The summed E-state index contributed by atoms with van der Waals surface area (Å²) in [5.41, 5.74) is 3.34. The Morgan fingerprint density at radius 2 is 1.55 bits per heavy atom. The fourth-order valence-electron chi connectivity index (χ4n) is 3.99. The number of fused-ring (bicyclic) bond motifs is 1. The van der Waals surface area contributed by atoms with Crippen LogP contribution in [0.25, 0.3) is 0 Å². The normalized spacial score (nSPS) is 13.2. The van der Waals surface area contributed by atoms with Crippen LogP contribution < -0.4 is 4.90 Å². The maximum Gasteiger partial charge on any atom is 0.206 e. The number of hydrogen-bond acceptors (Lipinski definition) is 3. The van der Waals surface area contributed by atoms with E-state index >= 15 is 0 Å². The van der Waals surface area contributed by atoms with Crippen LogP contribution in [0.5, 0.6) is 0 Å². The lowest BCUT2D eigenvalue weighted by atomic mass is 10.0. The molecule has 0 N–H and O–H groups in total. The lowest BCUT2D eigenvalue weighted by molar-refractivity contribution is 0.514. The van der Waals surface area contributed by atoms with Gasteiger partial charge in [-0.25, -0.2) is 8.42 Å². The molecule has 0 spiro atoms. The molecule has 0 fully saturated rings. The van der Waals surface area contributed by atoms with Gasteiger partial charge in [0.15, 0.2) is 0 Å². The van der Waals surface area contributed by atoms with Crippen LogP contribution >= 0.6 is 0 Å². The van der Waals surface area contributed by atoms with Crippen LogP contribution in [-0.4, -0.2) is 21.0 Å². The second kappa shape index (κ2) is 10.8. The lowest BCUT2D eigenvalue weighted by Crippen LogP contribution is -2.33. The fraction of sp³-hybridized carbons (Fsp3) is 0.520. The topological polar surface area (TPSA) is 37.4 Å². The molecule has 1 aliphatic rings. The third kappa shape index (κ3) is 5.63. The Morgan fingerprint density at radius 1 is 0.931 bits per heavy atom. The summed E-state index contributed by atoms with van der Waals surface area (Å²) in [6.07, 6.45) is 6.91. The van der Waals surface area contributed by atoms with Crippen molar-refractivity contribution >= 4 is 15.5 Å². The van der Waals surface area contributed by atoms with Crippen LogP contribution in [0, 0.1) is 6.92 Å². The Morgan fingerprint density at radius 3 is 2.14 bits per heavy atom. The van der Waals surface area contributed by atoms with E-state index < -0.39 is 9.84 Å². The Hall–Kier alpha value is -1.81. The summed E-state index contributed by atoms with van der Waals surface area (Å²) in [4.78, 5) is 3.28. The summed E-state index contributed by atoms with van der Waals surface area (Å²) < 4.78 is 26.0. The Labute approximate surface area is 178 Å². The van der Waals surface area contributed by atoms with Crippen LogP contribution in [0.2, 0.25) is 0 Å². The maximum absolute atomic E-state index is 13.0. The van der Waals surface area contributed by atoms with E-state index in [-0.39, 0.29) is 0 Å². The standard InChI is InChI=1S/C22H29NO2S.C3H8/c1-4-7-19(8-5-2)23-14-13-18-16-21(11-12-22(18)23)26(24,25)20-10-6-9-17(3)15-20;1-3-2/h6,9-12,15-16,19H,4-5,7-8,13-14H2,1-3H3;3H2,1-2H3. The average Bonchev–Trinajstić information content (AvgIpc) is 3.11. The van der Waals surface area contributed by atoms with Gasteiger partial charge in [-0.15, -0.1) is 0 Å². The van der Waals surface area contributed by atoms with Gasteiger partial charge >= 0.3 is 0 Å². The highest BCUT2D eigenvalue weighted by Gasteiger charge is 2.27. The predicted molar refractivity (Wildman–Crippen MR) is 124 cm³/mol. The van der Waals surface area contributed by atoms with Gasteiger partial charge in [0.1, 0.15) is 0 Å². The molecule has 2 aromatic rings. The maximum atomic E-state index is 13.0. The molecule has 3 rings (SSSR count). The van der Waals surface area contributed by atoms with Crippen molar-refractivity contribution in [1.29, 1.82) is 0 Å². The molecule has 2 aromatic carbocycles. The van der Waals surface area contributed by atoms with Crippen LogP contribution in [0.1, 0.15) is 70.9 Å². The Kier molecular flexibility index (Phi) is 8.76. The van der Waals surface area contributed by atoms with Crippen molar-refractivity contribution < 1.29 is 8.42 Å². The predicted octanol–water partition coefficient (Wildman–Crippen LogP) is 6.58. The van der Waals surface area contributed by atoms with Gasteiger partial charge in [0.25, 0.3) is 0 Å². The minimum atomic E-state index is -3.46. The quantitative estimate of drug-likeness (QED) is 0.513. The second-order valence-electron chi connectivity index (χ2n) is 7.99. The van der Waals surface area contributed by atoms with E-state index in [4.69, 9.17) is 0 Å². The van der Waals surface area contributed by atoms with Crippen molar-refractivity contribution in [3.63, 3.8) is 0 Å². The minimum absolute atomic E-state index is 0.377. The average molecular weight is 416 g/mol. The molecular weight excluding hydrogens is 378 g/mol. The molecule has 0 aromatic heterocycles. The van der Waals surface area contributed by atoms with Gasteiger partial charge in [-0.05, 0) is 67.6 Å². The molecule has 0 amide bonds. The zero-order valence-corrected chi connectivity index (χ0v) is 19.6. The highest BCUT2D eigenvalue weighted by Crippen LogP contribution is 2.35. The van der Waals surface area contributed by atoms with E-state index in [9.17, 15) is 8.42 Å². The van der Waals surface area contributed by atoms with Gasteiger partial charge < -0.3 is 4.90 Å². The molecule has 3 nitrogen and oxygen atoms in total. The van der Waals surface area contributed by atoms with Crippen LogP contribution in [-0.2, 0) is 16.3 Å². The molecule has 0 atom stereocenters. The molecule has 1 aliphatic heterocycles. The molecule has 4 heteroatoms. The van der Waals surface area contributed by atoms with E-state index in [2.05, 4.69) is 32.6 Å². The summed E-state index contributed by atoms with van der Waals surface area (Å²) in [7, 11) is -3.46. The number of anilines is 1. The number of sulfone groups is 1. The zero-order valence-electron chi connectivity index (χ0n) is 18.7. The van der Waals surface area contributed by atoms with Crippen molar-refractivity contribution in [3.05, 3.63) is 53.6 Å². The van der Waals surface area contributed by atoms with Gasteiger partial charge in [0, 0.05) is 18.3 Å². The highest BCUT2D eigenvalue weighted by atomic mass is 32.2. The zero-order chi connectivity index (χ0) is 21.4. The smallest absolute Gasteiger partial charge is 0.206 e. The van der Waals surface area contributed by atoms with Gasteiger partial charge in [0.05, 0.1) is 9.79 Å². The van der Waals surface area contributed by atoms with Crippen LogP contribution in [0.4, 0.5) is 5.69 Å². The van der Waals surface area contributed by atoms with Crippen LogP contribution in [0.15, 0.2) is 52.3 Å². The fourth-order valence-corrected chi connectivity index (χ4v) is 5.41. The van der Waals surface area contributed by atoms with E-state index in [0.29, 0.717) is 15.8 Å². The van der Waals surface area contributed by atoms with Gasteiger partial charge in [-0.2, -0.15) is 0 Å². The van der Waals surface area contributed by atoms with Gasteiger partial charge in [-0.3, -0.25) is 0 Å². The minimum Gasteiger partial charge on any atom is -0.368 e. The van der Waals surface area contributed by atoms with Gasteiger partial charge in [-0.1, -0.05) is 59.1 Å². The first-order valence-corrected chi connectivity index (χ1v) is 12.6. The molecule has 29 heavy (non-hydrogen) atoms. The molecule has 0 aliphatic carbocycles. The summed E-state index contributed by atoms with van der Waals surface area (Å²) in [5, 5.41) is 0.